The third kappa shape index (κ3) is 2.29. The molecule has 1 rings (SSSR count). The molecule has 0 aromatic rings. The molecule has 5 N–H and O–H groups in total. The number of nitrogens with zero attached hydrogens (tertiary/aromatic N) is 1. The Bertz CT molecular complexity index is 357. The van der Waals surface area contributed by atoms with Crippen molar-refractivity contribution >= 4 is 17.7 Å². The number of aliphatic carboxylic acids is 1. The molecule has 2 atom stereocenters. The van der Waals surface area contributed by atoms with Gasteiger partial charge in [-0.15, -0.1) is 0 Å². The molecular formula is C10H17N3O4. The smallest absolute Gasteiger partial charge is 0.344 e. The number of carboxylic acid groups (broad SMARTS) is 1. The van der Waals surface area contributed by atoms with Crippen LogP contribution in [0.5, 0.6) is 0 Å². The van der Waals surface area contributed by atoms with Gasteiger partial charge in [-0.3, -0.25) is 15.3 Å². The van der Waals surface area contributed by atoms with Crippen LogP contribution in [0.2, 0.25) is 0 Å². The van der Waals surface area contributed by atoms with Crippen molar-refractivity contribution < 1.29 is 19.5 Å². The lowest BCUT2D eigenvalue weighted by Gasteiger charge is -2.37. The van der Waals surface area contributed by atoms with Gasteiger partial charge in [-0.25, -0.2) is 4.79 Å². The van der Waals surface area contributed by atoms with E-state index >= 15 is 0 Å². The Hall–Kier alpha value is -1.47. The van der Waals surface area contributed by atoms with Crippen LogP contribution in [0, 0.1) is 0 Å². The molecule has 17 heavy (non-hydrogen) atoms. The lowest BCUT2D eigenvalue weighted by Crippen LogP contribution is -2.66. The van der Waals surface area contributed by atoms with Crippen molar-refractivity contribution in [3.8, 4) is 0 Å². The maximum atomic E-state index is 11.7. The van der Waals surface area contributed by atoms with Gasteiger partial charge in [0, 0.05) is 12.8 Å². The number of ketones is 1. The Morgan fingerprint density at radius 1 is 1.59 bits per heavy atom. The Kier molecular flexibility index (Phi) is 3.84. The van der Waals surface area contributed by atoms with E-state index < -0.39 is 23.6 Å². The van der Waals surface area contributed by atoms with Gasteiger partial charge in [-0.2, -0.15) is 0 Å². The zero-order valence-electron chi connectivity index (χ0n) is 9.68. The molecule has 1 heterocycles. The van der Waals surface area contributed by atoms with Crippen molar-refractivity contribution in [3.05, 3.63) is 0 Å². The van der Waals surface area contributed by atoms with Gasteiger partial charge in [0.05, 0.1) is 6.04 Å². The fourth-order valence-corrected chi connectivity index (χ4v) is 2.12. The van der Waals surface area contributed by atoms with E-state index in [1.807, 2.05) is 0 Å². The van der Waals surface area contributed by atoms with E-state index in [9.17, 15) is 14.4 Å². The molecule has 7 heteroatoms. The quantitative estimate of drug-likeness (QED) is 0.548. The number of amides is 1. The summed E-state index contributed by atoms with van der Waals surface area (Å²) in [6, 6.07) is -0.754. The summed E-state index contributed by atoms with van der Waals surface area (Å²) in [6.45, 7) is 1.35. The van der Waals surface area contributed by atoms with Crippen LogP contribution in [-0.2, 0) is 14.4 Å². The van der Waals surface area contributed by atoms with Crippen molar-refractivity contribution in [3.63, 3.8) is 0 Å². The summed E-state index contributed by atoms with van der Waals surface area (Å²) in [5.41, 5.74) is 9.18. The van der Waals surface area contributed by atoms with Crippen LogP contribution >= 0.6 is 0 Å². The highest BCUT2D eigenvalue weighted by Gasteiger charge is 2.50. The topological polar surface area (TPSA) is 127 Å². The molecule has 96 valence electrons. The Balaban J connectivity index is 3.11. The summed E-state index contributed by atoms with van der Waals surface area (Å²) < 4.78 is 0. The van der Waals surface area contributed by atoms with Crippen molar-refractivity contribution in [2.75, 3.05) is 6.54 Å². The number of Topliss-reactive ketones (excluding diaryl/α,β-unsaturated/α-hetero) is 1. The van der Waals surface area contributed by atoms with E-state index in [0.29, 0.717) is 6.42 Å². The molecule has 0 spiro atoms. The van der Waals surface area contributed by atoms with E-state index in [4.69, 9.17) is 16.6 Å². The van der Waals surface area contributed by atoms with E-state index in [2.05, 4.69) is 0 Å². The average molecular weight is 243 g/mol. The zero-order valence-corrected chi connectivity index (χ0v) is 9.68. The fourth-order valence-electron chi connectivity index (χ4n) is 2.12. The summed E-state index contributed by atoms with van der Waals surface area (Å²) in [5.74, 6) is -2.02. The molecule has 0 aliphatic carbocycles. The number of hydrogen-bond donors (Lipinski definition) is 3. The van der Waals surface area contributed by atoms with Gasteiger partial charge in [0.1, 0.15) is 0 Å². The monoisotopic (exact) mass is 243 g/mol. The SMILES string of the molecule is CC(=O)[C@@H]1CCC(=O)N1[C@](N)(CCN)C(=O)O. The van der Waals surface area contributed by atoms with Gasteiger partial charge in [-0.05, 0) is 19.9 Å². The van der Waals surface area contributed by atoms with E-state index in [0.717, 1.165) is 4.90 Å². The summed E-state index contributed by atoms with van der Waals surface area (Å²) in [6.07, 6.45) is 0.365. The molecule has 0 aromatic heterocycles. The zero-order chi connectivity index (χ0) is 13.2. The second kappa shape index (κ2) is 4.80. The predicted octanol–water partition coefficient (Wildman–Crippen LogP) is -1.35. The van der Waals surface area contributed by atoms with Crippen LogP contribution in [0.1, 0.15) is 26.2 Å². The second-order valence-corrected chi connectivity index (χ2v) is 4.20. The van der Waals surface area contributed by atoms with Crippen molar-refractivity contribution in [1.29, 1.82) is 0 Å². The predicted molar refractivity (Wildman–Crippen MR) is 58.8 cm³/mol. The van der Waals surface area contributed by atoms with E-state index in [1.165, 1.54) is 6.92 Å². The van der Waals surface area contributed by atoms with Gasteiger partial charge in [0.2, 0.25) is 5.91 Å². The summed E-state index contributed by atoms with van der Waals surface area (Å²) in [4.78, 5) is 35.3. The van der Waals surface area contributed by atoms with Crippen LogP contribution in [0.25, 0.3) is 0 Å². The first-order valence-electron chi connectivity index (χ1n) is 5.39. The normalized spacial score (nSPS) is 23.6. The highest BCUT2D eigenvalue weighted by molar-refractivity contribution is 5.95. The molecule has 1 aliphatic heterocycles. The van der Waals surface area contributed by atoms with Crippen molar-refractivity contribution in [1.82, 2.24) is 4.90 Å². The second-order valence-electron chi connectivity index (χ2n) is 4.20. The molecule has 0 unspecified atom stereocenters. The third-order valence-electron chi connectivity index (χ3n) is 3.01. The summed E-state index contributed by atoms with van der Waals surface area (Å²) in [7, 11) is 0. The number of hydrogen-bond acceptors (Lipinski definition) is 5. The number of rotatable bonds is 5. The van der Waals surface area contributed by atoms with E-state index in [1.54, 1.807) is 0 Å². The summed E-state index contributed by atoms with van der Waals surface area (Å²) in [5, 5.41) is 9.16. The number of carboxylic acids is 1. The molecule has 0 radical (unpaired) electrons. The molecule has 1 amide bonds. The Labute approximate surface area is 98.7 Å². The largest absolute Gasteiger partial charge is 0.478 e. The number of carbonyl (C=O) groups is 3. The summed E-state index contributed by atoms with van der Waals surface area (Å²) >= 11 is 0. The Morgan fingerprint density at radius 2 is 2.18 bits per heavy atom. The first-order chi connectivity index (χ1) is 7.84. The highest BCUT2D eigenvalue weighted by atomic mass is 16.4. The standard InChI is InChI=1S/C10H17N3O4/c1-6(14)7-2-3-8(15)13(7)10(12,4-5-11)9(16)17/h7H,2-5,11-12H2,1H3,(H,16,17)/t7-,10+/m0/s1. The van der Waals surface area contributed by atoms with Crippen molar-refractivity contribution in [2.24, 2.45) is 11.5 Å². The lowest BCUT2D eigenvalue weighted by atomic mass is 10.0. The minimum atomic E-state index is -1.89. The van der Waals surface area contributed by atoms with E-state index in [-0.39, 0.29) is 25.2 Å². The van der Waals surface area contributed by atoms with Gasteiger partial charge in [0.25, 0.3) is 0 Å². The molecule has 0 aromatic carbocycles. The lowest BCUT2D eigenvalue weighted by molar-refractivity contribution is -0.160. The maximum absolute atomic E-state index is 11.7. The van der Waals surface area contributed by atoms with Gasteiger partial charge < -0.3 is 15.7 Å². The molecule has 1 aliphatic rings. The van der Waals surface area contributed by atoms with Crippen molar-refractivity contribution in [2.45, 2.75) is 37.9 Å². The van der Waals surface area contributed by atoms with Gasteiger partial charge in [0.15, 0.2) is 11.4 Å². The number of nitrogens with two attached hydrogens (primary N) is 2. The molecule has 0 saturated carbocycles. The highest BCUT2D eigenvalue weighted by Crippen LogP contribution is 2.28. The van der Waals surface area contributed by atoms with Crippen LogP contribution < -0.4 is 11.5 Å². The molecule has 7 nitrogen and oxygen atoms in total. The molecule has 1 saturated heterocycles. The first-order valence-corrected chi connectivity index (χ1v) is 5.39. The first kappa shape index (κ1) is 13.6. The van der Waals surface area contributed by atoms with Crippen LogP contribution in [0.3, 0.4) is 0 Å². The maximum Gasteiger partial charge on any atom is 0.344 e. The molecule has 0 bridgehead atoms. The minimum absolute atomic E-state index is 0.0250. The van der Waals surface area contributed by atoms with Gasteiger partial charge in [-0.1, -0.05) is 0 Å². The number of carbonyl (C=O) groups excluding carboxylic acids is 2. The third-order valence-corrected chi connectivity index (χ3v) is 3.01. The average Bonchev–Trinajstić information content (AvgIpc) is 2.60. The number of likely N-dealkylation sites (tertiary alicyclic amines) is 1. The van der Waals surface area contributed by atoms with Crippen LogP contribution in [-0.4, -0.2) is 45.9 Å². The van der Waals surface area contributed by atoms with Crippen LogP contribution in [0.4, 0.5) is 0 Å². The minimum Gasteiger partial charge on any atom is -0.478 e. The Morgan fingerprint density at radius 3 is 2.59 bits per heavy atom. The van der Waals surface area contributed by atoms with Crippen LogP contribution in [0.15, 0.2) is 0 Å². The van der Waals surface area contributed by atoms with Gasteiger partial charge >= 0.3 is 5.97 Å². The molecular weight excluding hydrogens is 226 g/mol. The fraction of sp³-hybridized carbons (Fsp3) is 0.700. The molecule has 1 fully saturated rings.